The van der Waals surface area contributed by atoms with Gasteiger partial charge in [0.25, 0.3) is 0 Å². The first-order valence-corrected chi connectivity index (χ1v) is 7.88. The van der Waals surface area contributed by atoms with Gasteiger partial charge in [-0.25, -0.2) is 4.79 Å². The van der Waals surface area contributed by atoms with Gasteiger partial charge in [0.05, 0.1) is 5.92 Å². The zero-order valence-electron chi connectivity index (χ0n) is 14.0. The van der Waals surface area contributed by atoms with Crippen molar-refractivity contribution in [3.63, 3.8) is 0 Å². The summed E-state index contributed by atoms with van der Waals surface area (Å²) in [7, 11) is 0. The van der Waals surface area contributed by atoms with E-state index in [9.17, 15) is 9.59 Å². The zero-order valence-corrected chi connectivity index (χ0v) is 14.0. The molecule has 0 aliphatic carbocycles. The van der Waals surface area contributed by atoms with Crippen LogP contribution in [0.25, 0.3) is 0 Å². The third-order valence-electron chi connectivity index (χ3n) is 4.60. The molecule has 0 aromatic heterocycles. The van der Waals surface area contributed by atoms with Crippen molar-refractivity contribution in [1.82, 2.24) is 10.2 Å². The maximum atomic E-state index is 12.1. The second kappa shape index (κ2) is 7.14. The van der Waals surface area contributed by atoms with Crippen LogP contribution < -0.4 is 5.32 Å². The van der Waals surface area contributed by atoms with Gasteiger partial charge in [0.15, 0.2) is 0 Å². The maximum Gasteiger partial charge on any atom is 0.317 e. The molecule has 5 heteroatoms. The van der Waals surface area contributed by atoms with E-state index in [2.05, 4.69) is 26.1 Å². The maximum absolute atomic E-state index is 12.1. The van der Waals surface area contributed by atoms with Crippen LogP contribution >= 0.6 is 0 Å². The minimum atomic E-state index is -0.850. The predicted octanol–water partition coefficient (Wildman–Crippen LogP) is 2.81. The van der Waals surface area contributed by atoms with E-state index in [1.807, 2.05) is 18.7 Å². The number of piperidine rings is 1. The van der Waals surface area contributed by atoms with Crippen molar-refractivity contribution in [2.75, 3.05) is 19.6 Å². The van der Waals surface area contributed by atoms with E-state index in [0.29, 0.717) is 5.92 Å². The molecule has 122 valence electrons. The number of rotatable bonds is 4. The molecule has 1 rings (SSSR count). The summed E-state index contributed by atoms with van der Waals surface area (Å²) in [6, 6.07) is -0.130. The Morgan fingerprint density at radius 1 is 1.24 bits per heavy atom. The van der Waals surface area contributed by atoms with E-state index in [1.165, 1.54) is 0 Å². The molecule has 1 unspecified atom stereocenters. The molecule has 5 nitrogen and oxygen atoms in total. The topological polar surface area (TPSA) is 69.6 Å². The van der Waals surface area contributed by atoms with Crippen LogP contribution in [0.3, 0.4) is 0 Å². The average molecular weight is 298 g/mol. The smallest absolute Gasteiger partial charge is 0.317 e. The number of nitrogens with one attached hydrogen (secondary N) is 1. The van der Waals surface area contributed by atoms with Crippen LogP contribution in [-0.4, -0.2) is 41.6 Å². The van der Waals surface area contributed by atoms with Gasteiger partial charge in [-0.3, -0.25) is 4.79 Å². The zero-order chi connectivity index (χ0) is 16.2. The summed E-state index contributed by atoms with van der Waals surface area (Å²) in [5.74, 6) is -0.726. The number of amides is 2. The monoisotopic (exact) mass is 298 g/mol. The van der Waals surface area contributed by atoms with Gasteiger partial charge in [0.2, 0.25) is 0 Å². The van der Waals surface area contributed by atoms with Gasteiger partial charge < -0.3 is 15.3 Å². The summed E-state index contributed by atoms with van der Waals surface area (Å²) in [6.07, 6.45) is 2.03. The summed E-state index contributed by atoms with van der Waals surface area (Å²) in [5, 5.41) is 11.9. The number of likely N-dealkylation sites (tertiary alicyclic amines) is 1. The fraction of sp³-hybridized carbons (Fsp3) is 0.875. The number of aliphatic carboxylic acids is 1. The van der Waals surface area contributed by atoms with Crippen LogP contribution in [0.4, 0.5) is 4.79 Å². The third-order valence-corrected chi connectivity index (χ3v) is 4.60. The van der Waals surface area contributed by atoms with Gasteiger partial charge >= 0.3 is 12.0 Å². The third kappa shape index (κ3) is 5.21. The highest BCUT2D eigenvalue weighted by atomic mass is 16.4. The van der Waals surface area contributed by atoms with E-state index in [0.717, 1.165) is 25.9 Å². The first-order valence-electron chi connectivity index (χ1n) is 7.88. The highest BCUT2D eigenvalue weighted by molar-refractivity contribution is 5.76. The van der Waals surface area contributed by atoms with E-state index in [4.69, 9.17) is 5.11 Å². The van der Waals surface area contributed by atoms with Gasteiger partial charge in [0.1, 0.15) is 0 Å². The number of hydrogen-bond acceptors (Lipinski definition) is 2. The normalized spacial score (nSPS) is 18.7. The Balaban J connectivity index is 2.43. The Labute approximate surface area is 128 Å². The molecule has 0 saturated carbocycles. The fourth-order valence-electron chi connectivity index (χ4n) is 2.87. The summed E-state index contributed by atoms with van der Waals surface area (Å²) < 4.78 is 0. The Hall–Kier alpha value is -1.26. The number of nitrogens with zero attached hydrogens (tertiary/aromatic N) is 1. The molecule has 0 aromatic rings. The number of hydrogen-bond donors (Lipinski definition) is 2. The lowest BCUT2D eigenvalue weighted by Gasteiger charge is -2.38. The van der Waals surface area contributed by atoms with Crippen LogP contribution in [0.2, 0.25) is 0 Å². The molecule has 0 radical (unpaired) electrons. The Morgan fingerprint density at radius 2 is 1.76 bits per heavy atom. The van der Waals surface area contributed by atoms with Crippen LogP contribution in [0, 0.1) is 23.2 Å². The van der Waals surface area contributed by atoms with E-state index in [1.54, 1.807) is 0 Å². The summed E-state index contributed by atoms with van der Waals surface area (Å²) in [5.41, 5.74) is 0.286. The minimum Gasteiger partial charge on any atom is -0.481 e. The lowest BCUT2D eigenvalue weighted by molar-refractivity contribution is -0.142. The van der Waals surface area contributed by atoms with Crippen LogP contribution in [0.1, 0.15) is 47.5 Å². The van der Waals surface area contributed by atoms with E-state index >= 15 is 0 Å². The second-order valence-electron chi connectivity index (χ2n) is 7.50. The van der Waals surface area contributed by atoms with Crippen molar-refractivity contribution in [2.45, 2.75) is 47.5 Å². The van der Waals surface area contributed by atoms with Gasteiger partial charge in [-0.2, -0.15) is 0 Å². The molecular weight excluding hydrogens is 268 g/mol. The van der Waals surface area contributed by atoms with Crippen molar-refractivity contribution >= 4 is 12.0 Å². The van der Waals surface area contributed by atoms with Crippen LogP contribution in [0.5, 0.6) is 0 Å². The average Bonchev–Trinajstić information content (AvgIpc) is 2.37. The van der Waals surface area contributed by atoms with Crippen LogP contribution in [-0.2, 0) is 4.79 Å². The predicted molar refractivity (Wildman–Crippen MR) is 83.1 cm³/mol. The van der Waals surface area contributed by atoms with Crippen molar-refractivity contribution in [3.8, 4) is 0 Å². The molecule has 1 aliphatic rings. The lowest BCUT2D eigenvalue weighted by atomic mass is 9.75. The summed E-state index contributed by atoms with van der Waals surface area (Å²) in [4.78, 5) is 25.1. The highest BCUT2D eigenvalue weighted by Gasteiger charge is 2.31. The fourth-order valence-corrected chi connectivity index (χ4v) is 2.87. The minimum absolute atomic E-state index is 0.00873. The molecule has 2 N–H and O–H groups in total. The Bertz CT molecular complexity index is 366. The summed E-state index contributed by atoms with van der Waals surface area (Å²) in [6.45, 7) is 12.2. The Kier molecular flexibility index (Phi) is 6.05. The second-order valence-corrected chi connectivity index (χ2v) is 7.50. The number of urea groups is 1. The van der Waals surface area contributed by atoms with Crippen LogP contribution in [0.15, 0.2) is 0 Å². The number of carboxylic acid groups (broad SMARTS) is 1. The first kappa shape index (κ1) is 17.8. The molecule has 1 fully saturated rings. The van der Waals surface area contributed by atoms with Gasteiger partial charge in [-0.15, -0.1) is 0 Å². The highest BCUT2D eigenvalue weighted by Crippen LogP contribution is 2.34. The Morgan fingerprint density at radius 3 is 2.14 bits per heavy atom. The molecule has 1 heterocycles. The SMILES string of the molecule is CC(C)C(CNC(=O)N1CCC(C(C)(C)C)CC1)C(=O)O. The molecular formula is C16H30N2O3. The number of carbonyl (C=O) groups is 2. The molecule has 1 aliphatic heterocycles. The van der Waals surface area contributed by atoms with E-state index < -0.39 is 11.9 Å². The van der Waals surface area contributed by atoms with Gasteiger partial charge in [0, 0.05) is 19.6 Å². The first-order chi connectivity index (χ1) is 9.62. The molecule has 2 amide bonds. The van der Waals surface area contributed by atoms with Crippen molar-refractivity contribution in [1.29, 1.82) is 0 Å². The quantitative estimate of drug-likeness (QED) is 0.838. The molecule has 1 atom stereocenters. The van der Waals surface area contributed by atoms with Crippen molar-refractivity contribution in [2.24, 2.45) is 23.2 Å². The van der Waals surface area contributed by atoms with Gasteiger partial charge in [-0.1, -0.05) is 34.6 Å². The van der Waals surface area contributed by atoms with Crippen molar-refractivity contribution < 1.29 is 14.7 Å². The van der Waals surface area contributed by atoms with E-state index in [-0.39, 0.29) is 23.9 Å². The summed E-state index contributed by atoms with van der Waals surface area (Å²) >= 11 is 0. The molecule has 21 heavy (non-hydrogen) atoms. The van der Waals surface area contributed by atoms with Crippen molar-refractivity contribution in [3.05, 3.63) is 0 Å². The molecule has 1 saturated heterocycles. The number of carbonyl (C=O) groups excluding carboxylic acids is 1. The molecule has 0 bridgehead atoms. The number of carboxylic acids is 1. The standard InChI is InChI=1S/C16H30N2O3/c1-11(2)13(14(19)20)10-17-15(21)18-8-6-12(7-9-18)16(3,4)5/h11-13H,6-10H2,1-5H3,(H,17,21)(H,19,20). The molecule has 0 spiro atoms. The van der Waals surface area contributed by atoms with Gasteiger partial charge in [-0.05, 0) is 30.1 Å². The molecule has 0 aromatic carbocycles. The largest absolute Gasteiger partial charge is 0.481 e. The lowest BCUT2D eigenvalue weighted by Crippen LogP contribution is -2.48.